The van der Waals surface area contributed by atoms with E-state index in [9.17, 15) is 9.59 Å². The Kier molecular flexibility index (Phi) is 4.61. The van der Waals surface area contributed by atoms with E-state index >= 15 is 0 Å². The van der Waals surface area contributed by atoms with Crippen LogP contribution in [0.4, 0.5) is 0 Å². The molecule has 18 heavy (non-hydrogen) atoms. The Labute approximate surface area is 108 Å². The minimum Gasteiger partial charge on any atom is -0.481 e. The van der Waals surface area contributed by atoms with Crippen molar-refractivity contribution in [3.05, 3.63) is 0 Å². The molecule has 1 amide bonds. The third kappa shape index (κ3) is 3.47. The third-order valence-electron chi connectivity index (χ3n) is 4.35. The minimum absolute atomic E-state index is 0.0817. The lowest BCUT2D eigenvalue weighted by molar-refractivity contribution is -0.144. The number of carbonyl (C=O) groups is 2. The zero-order valence-corrected chi connectivity index (χ0v) is 10.9. The summed E-state index contributed by atoms with van der Waals surface area (Å²) in [7, 11) is 0. The van der Waals surface area contributed by atoms with Crippen molar-refractivity contribution in [3.8, 4) is 0 Å². The number of carbonyl (C=O) groups excluding carboxylic acids is 1. The maximum atomic E-state index is 12.1. The van der Waals surface area contributed by atoms with Crippen LogP contribution >= 0.6 is 0 Å². The molecule has 0 unspecified atom stereocenters. The highest BCUT2D eigenvalue weighted by Crippen LogP contribution is 2.30. The van der Waals surface area contributed by atoms with Crippen molar-refractivity contribution in [2.24, 2.45) is 11.8 Å². The Balaban J connectivity index is 1.82. The zero-order valence-electron chi connectivity index (χ0n) is 10.9. The largest absolute Gasteiger partial charge is 0.481 e. The first kappa shape index (κ1) is 13.4. The predicted molar refractivity (Wildman–Crippen MR) is 68.1 cm³/mol. The van der Waals surface area contributed by atoms with Crippen LogP contribution in [0.3, 0.4) is 0 Å². The fourth-order valence-electron chi connectivity index (χ4n) is 3.22. The highest BCUT2D eigenvalue weighted by atomic mass is 16.4. The van der Waals surface area contributed by atoms with E-state index in [0.29, 0.717) is 12.5 Å². The van der Waals surface area contributed by atoms with E-state index in [1.165, 1.54) is 19.3 Å². The fourth-order valence-corrected chi connectivity index (χ4v) is 3.22. The lowest BCUT2D eigenvalue weighted by atomic mass is 9.80. The topological polar surface area (TPSA) is 66.4 Å². The molecular weight excluding hydrogens is 230 g/mol. The normalized spacial score (nSPS) is 29.8. The molecule has 0 aliphatic heterocycles. The molecular formula is C14H23NO3. The van der Waals surface area contributed by atoms with Gasteiger partial charge in [0.2, 0.25) is 5.91 Å². The maximum Gasteiger partial charge on any atom is 0.306 e. The Morgan fingerprint density at radius 1 is 0.889 bits per heavy atom. The van der Waals surface area contributed by atoms with Gasteiger partial charge in [-0.25, -0.2) is 0 Å². The number of carboxylic acids is 1. The standard InChI is InChI=1S/C14H23NO3/c16-13(15-12-7-2-1-3-8-12)10-5-4-6-11(9-10)14(17)18/h10-12H,1-9H2,(H,15,16)(H,17,18)/t10-,11+/m1/s1. The van der Waals surface area contributed by atoms with Crippen LogP contribution in [-0.2, 0) is 9.59 Å². The van der Waals surface area contributed by atoms with E-state index in [-0.39, 0.29) is 17.7 Å². The molecule has 0 aromatic carbocycles. The van der Waals surface area contributed by atoms with Crippen LogP contribution in [0.15, 0.2) is 0 Å². The summed E-state index contributed by atoms with van der Waals surface area (Å²) in [6.45, 7) is 0. The number of nitrogens with one attached hydrogen (secondary N) is 1. The lowest BCUT2D eigenvalue weighted by Gasteiger charge is -2.29. The van der Waals surface area contributed by atoms with Crippen molar-refractivity contribution < 1.29 is 14.7 Å². The molecule has 0 aromatic rings. The molecule has 0 aromatic heterocycles. The Morgan fingerprint density at radius 3 is 2.22 bits per heavy atom. The fraction of sp³-hybridized carbons (Fsp3) is 0.857. The van der Waals surface area contributed by atoms with E-state index in [0.717, 1.165) is 32.1 Å². The van der Waals surface area contributed by atoms with Gasteiger partial charge in [0.05, 0.1) is 5.92 Å². The summed E-state index contributed by atoms with van der Waals surface area (Å²) < 4.78 is 0. The quantitative estimate of drug-likeness (QED) is 0.811. The van der Waals surface area contributed by atoms with Crippen molar-refractivity contribution in [3.63, 3.8) is 0 Å². The van der Waals surface area contributed by atoms with Crippen LogP contribution in [0, 0.1) is 11.8 Å². The molecule has 2 N–H and O–H groups in total. The van der Waals surface area contributed by atoms with Gasteiger partial charge in [0, 0.05) is 12.0 Å². The second kappa shape index (κ2) is 6.21. The van der Waals surface area contributed by atoms with Crippen molar-refractivity contribution in [2.75, 3.05) is 0 Å². The van der Waals surface area contributed by atoms with Gasteiger partial charge in [-0.3, -0.25) is 9.59 Å². The molecule has 4 nitrogen and oxygen atoms in total. The first-order valence-electron chi connectivity index (χ1n) is 7.20. The molecule has 102 valence electrons. The van der Waals surface area contributed by atoms with Crippen LogP contribution < -0.4 is 5.32 Å². The summed E-state index contributed by atoms with van der Waals surface area (Å²) in [5, 5.41) is 12.1. The molecule has 2 aliphatic carbocycles. The van der Waals surface area contributed by atoms with Gasteiger partial charge in [0.15, 0.2) is 0 Å². The minimum atomic E-state index is -0.745. The molecule has 2 rings (SSSR count). The molecule has 0 radical (unpaired) electrons. The van der Waals surface area contributed by atoms with E-state index < -0.39 is 5.97 Å². The summed E-state index contributed by atoms with van der Waals surface area (Å²) >= 11 is 0. The van der Waals surface area contributed by atoms with Crippen molar-refractivity contribution in [2.45, 2.75) is 63.8 Å². The summed E-state index contributed by atoms with van der Waals surface area (Å²) in [5.74, 6) is -1.05. The van der Waals surface area contributed by atoms with E-state index in [1.54, 1.807) is 0 Å². The van der Waals surface area contributed by atoms with Crippen molar-refractivity contribution in [1.29, 1.82) is 0 Å². The van der Waals surface area contributed by atoms with Gasteiger partial charge in [-0.05, 0) is 32.1 Å². The number of rotatable bonds is 3. The van der Waals surface area contributed by atoms with E-state index in [4.69, 9.17) is 5.11 Å². The highest BCUT2D eigenvalue weighted by molar-refractivity contribution is 5.80. The number of carboxylic acid groups (broad SMARTS) is 1. The molecule has 0 saturated heterocycles. The third-order valence-corrected chi connectivity index (χ3v) is 4.35. The molecule has 2 aliphatic rings. The maximum absolute atomic E-state index is 12.1. The van der Waals surface area contributed by atoms with Gasteiger partial charge in [0.1, 0.15) is 0 Å². The number of amides is 1. The molecule has 2 fully saturated rings. The predicted octanol–water partition coefficient (Wildman–Crippen LogP) is 2.33. The molecule has 0 heterocycles. The van der Waals surface area contributed by atoms with Crippen LogP contribution in [0.1, 0.15) is 57.8 Å². The molecule has 2 saturated carbocycles. The van der Waals surface area contributed by atoms with Gasteiger partial charge in [-0.2, -0.15) is 0 Å². The van der Waals surface area contributed by atoms with Gasteiger partial charge in [-0.1, -0.05) is 25.7 Å². The van der Waals surface area contributed by atoms with E-state index in [2.05, 4.69) is 5.32 Å². The second-order valence-electron chi connectivity index (χ2n) is 5.74. The summed E-state index contributed by atoms with van der Waals surface area (Å²) in [4.78, 5) is 23.1. The van der Waals surface area contributed by atoms with Crippen LogP contribution in [0.25, 0.3) is 0 Å². The second-order valence-corrected chi connectivity index (χ2v) is 5.74. The molecule has 2 atom stereocenters. The van der Waals surface area contributed by atoms with Gasteiger partial charge >= 0.3 is 5.97 Å². The average molecular weight is 253 g/mol. The Morgan fingerprint density at radius 2 is 1.56 bits per heavy atom. The smallest absolute Gasteiger partial charge is 0.306 e. The average Bonchev–Trinajstić information content (AvgIpc) is 2.40. The van der Waals surface area contributed by atoms with Crippen LogP contribution in [-0.4, -0.2) is 23.0 Å². The molecule has 4 heteroatoms. The Hall–Kier alpha value is -1.06. The van der Waals surface area contributed by atoms with Gasteiger partial charge < -0.3 is 10.4 Å². The van der Waals surface area contributed by atoms with Crippen molar-refractivity contribution >= 4 is 11.9 Å². The van der Waals surface area contributed by atoms with Crippen LogP contribution in [0.5, 0.6) is 0 Å². The van der Waals surface area contributed by atoms with Gasteiger partial charge in [0.25, 0.3) is 0 Å². The highest BCUT2D eigenvalue weighted by Gasteiger charge is 2.31. The molecule has 0 spiro atoms. The number of hydrogen-bond acceptors (Lipinski definition) is 2. The van der Waals surface area contributed by atoms with Crippen LogP contribution in [0.2, 0.25) is 0 Å². The summed E-state index contributed by atoms with van der Waals surface area (Å²) in [6, 6.07) is 0.330. The van der Waals surface area contributed by atoms with Crippen molar-refractivity contribution in [1.82, 2.24) is 5.32 Å². The van der Waals surface area contributed by atoms with E-state index in [1.807, 2.05) is 0 Å². The number of hydrogen-bond donors (Lipinski definition) is 2. The summed E-state index contributed by atoms with van der Waals surface area (Å²) in [6.07, 6.45) is 8.80. The zero-order chi connectivity index (χ0) is 13.0. The summed E-state index contributed by atoms with van der Waals surface area (Å²) in [5.41, 5.74) is 0. The first-order chi connectivity index (χ1) is 8.66. The number of aliphatic carboxylic acids is 1. The lowest BCUT2D eigenvalue weighted by Crippen LogP contribution is -2.41. The monoisotopic (exact) mass is 253 g/mol. The Bertz CT molecular complexity index is 310. The van der Waals surface area contributed by atoms with Gasteiger partial charge in [-0.15, -0.1) is 0 Å². The molecule has 0 bridgehead atoms. The SMILES string of the molecule is O=C(O)[C@H]1CCC[C@@H](C(=O)NC2CCCCC2)C1. The first-order valence-corrected chi connectivity index (χ1v) is 7.20.